The van der Waals surface area contributed by atoms with Gasteiger partial charge in [-0.2, -0.15) is 41.5 Å². The molecule has 0 fully saturated rings. The molecule has 1 aliphatic heterocycles. The molecular formula is C43H29N4Pt-3. The van der Waals surface area contributed by atoms with E-state index in [-0.39, 0.29) is 21.1 Å². The average molecular weight is 797 g/mol. The van der Waals surface area contributed by atoms with Crippen molar-refractivity contribution in [2.24, 2.45) is 0 Å². The largest absolute Gasteiger partial charge is 0.493 e. The van der Waals surface area contributed by atoms with Crippen molar-refractivity contribution in [1.29, 1.82) is 0 Å². The number of rotatable bonds is 6. The fourth-order valence-corrected chi connectivity index (χ4v) is 6.70. The minimum atomic E-state index is 0. The molecule has 0 atom stereocenters. The van der Waals surface area contributed by atoms with Gasteiger partial charge < -0.3 is 14.4 Å². The normalized spacial score (nSPS) is 12.3. The van der Waals surface area contributed by atoms with Crippen LogP contribution in [0, 0.1) is 18.8 Å². The third-order valence-corrected chi connectivity index (χ3v) is 8.85. The van der Waals surface area contributed by atoms with Crippen molar-refractivity contribution in [2.45, 2.75) is 6.42 Å². The van der Waals surface area contributed by atoms with Gasteiger partial charge in [-0.3, -0.25) is 0 Å². The van der Waals surface area contributed by atoms with Crippen molar-refractivity contribution in [2.75, 3.05) is 9.80 Å². The van der Waals surface area contributed by atoms with Gasteiger partial charge in [-0.25, -0.2) is 4.98 Å². The molecule has 0 spiro atoms. The maximum atomic E-state index is 4.71. The first-order valence-electron chi connectivity index (χ1n) is 15.9. The number of pyridine rings is 1. The minimum Gasteiger partial charge on any atom is -0.493 e. The molecule has 0 saturated carbocycles. The monoisotopic (exact) mass is 796 g/mol. The van der Waals surface area contributed by atoms with Gasteiger partial charge in [0.15, 0.2) is 0 Å². The van der Waals surface area contributed by atoms with Gasteiger partial charge in [-0.05, 0) is 59.8 Å². The standard InChI is InChI=1S/C43H29N4.Pt/c1-3-13-33(14-4-1)34-26-32(27-36(29-34)46-30-45(35-15-5-2-6-16-35)40-19-9-10-20-41(40)46)25-31-22-23-38-37-17-7-8-18-39(37)47(42(38)28-31)43-21-11-12-24-44-43;/h1-24,26,29-30H,25H2;/q-3;. The summed E-state index contributed by atoms with van der Waals surface area (Å²) in [5.41, 5.74) is 11.1. The second-order valence-electron chi connectivity index (χ2n) is 11.8. The van der Waals surface area contributed by atoms with E-state index in [9.17, 15) is 0 Å². The van der Waals surface area contributed by atoms with Crippen LogP contribution in [-0.2, 0) is 27.5 Å². The smallest absolute Gasteiger partial charge is 0.135 e. The molecule has 4 nitrogen and oxygen atoms in total. The number of aromatic nitrogens is 2. The van der Waals surface area contributed by atoms with Crippen molar-refractivity contribution in [3.05, 3.63) is 188 Å². The molecule has 0 unspecified atom stereocenters. The molecule has 3 heterocycles. The first kappa shape index (κ1) is 29.9. The fraction of sp³-hybridized carbons (Fsp3) is 0.0233. The minimum absolute atomic E-state index is 0. The summed E-state index contributed by atoms with van der Waals surface area (Å²) in [4.78, 5) is 9.21. The molecule has 0 aliphatic carbocycles. The molecule has 0 amide bonds. The molecule has 2 aromatic heterocycles. The van der Waals surface area contributed by atoms with Crippen LogP contribution in [0.2, 0.25) is 0 Å². The predicted molar refractivity (Wildman–Crippen MR) is 192 cm³/mol. The number of nitrogens with zero attached hydrogens (tertiary/aromatic N) is 4. The number of para-hydroxylation sites is 4. The summed E-state index contributed by atoms with van der Waals surface area (Å²) in [7, 11) is 0. The number of benzene rings is 6. The van der Waals surface area contributed by atoms with Crippen LogP contribution in [0.1, 0.15) is 11.1 Å². The van der Waals surface area contributed by atoms with Crippen molar-refractivity contribution < 1.29 is 21.1 Å². The van der Waals surface area contributed by atoms with Crippen LogP contribution < -0.4 is 9.80 Å². The Labute approximate surface area is 294 Å². The Balaban J connectivity index is 0.00000336. The van der Waals surface area contributed by atoms with Gasteiger partial charge in [-0.1, -0.05) is 90.4 Å². The van der Waals surface area contributed by atoms with Gasteiger partial charge in [0.1, 0.15) is 5.82 Å². The first-order chi connectivity index (χ1) is 23.3. The third-order valence-electron chi connectivity index (χ3n) is 8.85. The van der Waals surface area contributed by atoms with Crippen LogP contribution in [0.5, 0.6) is 0 Å². The first-order valence-corrected chi connectivity index (χ1v) is 15.9. The van der Waals surface area contributed by atoms with E-state index in [2.05, 4.69) is 173 Å². The number of fused-ring (bicyclic) bond motifs is 4. The van der Waals surface area contributed by atoms with Crippen LogP contribution in [0.3, 0.4) is 0 Å². The molecule has 8 aromatic rings. The topological polar surface area (TPSA) is 24.3 Å². The van der Waals surface area contributed by atoms with Crippen molar-refractivity contribution >= 4 is 44.6 Å². The van der Waals surface area contributed by atoms with Crippen LogP contribution in [0.25, 0.3) is 38.8 Å². The summed E-state index contributed by atoms with van der Waals surface area (Å²) in [6.07, 6.45) is 2.53. The molecule has 234 valence electrons. The van der Waals surface area contributed by atoms with E-state index >= 15 is 0 Å². The quantitative estimate of drug-likeness (QED) is 0.157. The molecule has 6 aromatic carbocycles. The van der Waals surface area contributed by atoms with Crippen molar-refractivity contribution in [1.82, 2.24) is 9.55 Å². The molecule has 1 aliphatic rings. The zero-order valence-corrected chi connectivity index (χ0v) is 28.2. The third kappa shape index (κ3) is 5.29. The van der Waals surface area contributed by atoms with Gasteiger partial charge in [0.25, 0.3) is 0 Å². The molecule has 0 radical (unpaired) electrons. The Hall–Kier alpha value is -5.44. The van der Waals surface area contributed by atoms with E-state index in [0.717, 1.165) is 56.3 Å². The van der Waals surface area contributed by atoms with E-state index in [4.69, 9.17) is 4.98 Å². The Bertz CT molecular complexity index is 2370. The van der Waals surface area contributed by atoms with E-state index < -0.39 is 0 Å². The predicted octanol–water partition coefficient (Wildman–Crippen LogP) is 10.4. The maximum Gasteiger partial charge on any atom is 0.135 e. The van der Waals surface area contributed by atoms with E-state index in [1.165, 1.54) is 16.3 Å². The van der Waals surface area contributed by atoms with Crippen LogP contribution in [-0.4, -0.2) is 9.55 Å². The molecule has 9 rings (SSSR count). The fourth-order valence-electron chi connectivity index (χ4n) is 6.70. The number of hydrogen-bond acceptors (Lipinski definition) is 3. The van der Waals surface area contributed by atoms with Gasteiger partial charge in [0.05, 0.1) is 0 Å². The second kappa shape index (κ2) is 12.6. The van der Waals surface area contributed by atoms with Crippen LogP contribution >= 0.6 is 0 Å². The van der Waals surface area contributed by atoms with Crippen LogP contribution in [0.4, 0.5) is 22.7 Å². The summed E-state index contributed by atoms with van der Waals surface area (Å²) in [6, 6.07) is 60.7. The molecular weight excluding hydrogens is 768 g/mol. The van der Waals surface area contributed by atoms with E-state index in [1.54, 1.807) is 0 Å². The van der Waals surface area contributed by atoms with Gasteiger partial charge in [0, 0.05) is 49.8 Å². The number of hydrogen-bond donors (Lipinski definition) is 0. The number of anilines is 4. The van der Waals surface area contributed by atoms with Gasteiger partial charge in [-0.15, -0.1) is 29.4 Å². The second-order valence-corrected chi connectivity index (χ2v) is 11.8. The Morgan fingerprint density at radius 1 is 0.562 bits per heavy atom. The maximum absolute atomic E-state index is 4.71. The summed E-state index contributed by atoms with van der Waals surface area (Å²) in [5, 5.41) is 2.36. The van der Waals surface area contributed by atoms with E-state index in [0.29, 0.717) is 6.42 Å². The molecule has 0 bridgehead atoms. The van der Waals surface area contributed by atoms with Crippen molar-refractivity contribution in [3.63, 3.8) is 0 Å². The molecule has 0 N–H and O–H groups in total. The molecule has 5 heteroatoms. The summed E-state index contributed by atoms with van der Waals surface area (Å²) in [5.74, 6) is 0.887. The zero-order valence-electron chi connectivity index (χ0n) is 25.9. The zero-order chi connectivity index (χ0) is 31.2. The average Bonchev–Trinajstić information content (AvgIpc) is 3.69. The SMILES string of the molecule is [Pt].[c-]1c(Cc2[c-]c3c(cc2)c2ccccc2n3-c2ccccn2)cc(-c2ccccc2)cc1N1[CH-]N(c2ccccc2)c2ccccc21. The summed E-state index contributed by atoms with van der Waals surface area (Å²) in [6.45, 7) is 2.17. The van der Waals surface area contributed by atoms with Crippen molar-refractivity contribution in [3.8, 4) is 16.9 Å². The summed E-state index contributed by atoms with van der Waals surface area (Å²) >= 11 is 0. The molecule has 0 saturated heterocycles. The Morgan fingerprint density at radius 2 is 1.27 bits per heavy atom. The van der Waals surface area contributed by atoms with Gasteiger partial charge >= 0.3 is 0 Å². The van der Waals surface area contributed by atoms with Gasteiger partial charge in [0.2, 0.25) is 0 Å². The Kier molecular flexibility index (Phi) is 7.88. The molecule has 48 heavy (non-hydrogen) atoms. The van der Waals surface area contributed by atoms with E-state index in [1.807, 2.05) is 18.3 Å². The Morgan fingerprint density at radius 3 is 2.06 bits per heavy atom. The van der Waals surface area contributed by atoms with Crippen LogP contribution in [0.15, 0.2) is 158 Å². The summed E-state index contributed by atoms with van der Waals surface area (Å²) < 4.78 is 2.22.